The van der Waals surface area contributed by atoms with Crippen molar-refractivity contribution in [2.24, 2.45) is 15.9 Å². The average Bonchev–Trinajstić information content (AvgIpc) is 1.66. The van der Waals surface area contributed by atoms with Crippen molar-refractivity contribution in [3.63, 3.8) is 0 Å². The zero-order valence-corrected chi connectivity index (χ0v) is 4.41. The van der Waals surface area contributed by atoms with Crippen LogP contribution in [0.4, 0.5) is 0 Å². The number of allylic oxidation sites excluding steroid dienone is 1. The summed E-state index contributed by atoms with van der Waals surface area (Å²) in [5.41, 5.74) is 4.86. The fraction of sp³-hybridized carbons (Fsp3) is 0. The van der Waals surface area contributed by atoms with E-state index in [4.69, 9.17) is 13.6 Å². The molecule has 40 valence electrons. The lowest BCUT2D eigenvalue weighted by Gasteiger charge is -1.79. The van der Waals surface area contributed by atoms with Crippen LogP contribution in [0.3, 0.4) is 0 Å². The van der Waals surface area contributed by atoms with Crippen molar-refractivity contribution in [2.45, 2.75) is 0 Å². The molecule has 0 spiro atoms. The standard InChI is InChI=1S/C4H6BN3/c1-2-3-7-8-4(5)6/h2-3H,1H2,(H2,6,8)/b7-3-. The molecule has 2 N–H and O–H groups in total. The summed E-state index contributed by atoms with van der Waals surface area (Å²) in [6, 6.07) is 0. The second kappa shape index (κ2) is 4.11. The maximum atomic E-state index is 4.91. The molecular weight excluding hydrogens is 101 g/mol. The summed E-state index contributed by atoms with van der Waals surface area (Å²) in [5.74, 6) is 0. The molecule has 0 saturated carbocycles. The molecule has 0 aliphatic heterocycles. The molecule has 2 radical (unpaired) electrons. The molecule has 8 heavy (non-hydrogen) atoms. The normalized spacial score (nSPS) is 12.2. The van der Waals surface area contributed by atoms with Gasteiger partial charge in [0.2, 0.25) is 0 Å². The van der Waals surface area contributed by atoms with Crippen molar-refractivity contribution in [3.05, 3.63) is 12.7 Å². The maximum absolute atomic E-state index is 4.91. The number of amidine groups is 1. The topological polar surface area (TPSA) is 50.7 Å². The molecule has 4 heteroatoms. The molecule has 0 aliphatic rings. The number of rotatable bonds is 2. The van der Waals surface area contributed by atoms with E-state index in [1.54, 1.807) is 0 Å². The Morgan fingerprint density at radius 1 is 1.75 bits per heavy atom. The molecule has 0 atom stereocenters. The minimum atomic E-state index is -0.0527. The lowest BCUT2D eigenvalue weighted by Crippen LogP contribution is -2.09. The van der Waals surface area contributed by atoms with Crippen molar-refractivity contribution >= 4 is 19.8 Å². The predicted molar refractivity (Wildman–Crippen MR) is 36.1 cm³/mol. The van der Waals surface area contributed by atoms with E-state index in [-0.39, 0.29) is 5.73 Å². The number of hydrogen-bond donors (Lipinski definition) is 1. The van der Waals surface area contributed by atoms with Gasteiger partial charge in [-0.3, -0.25) is 0 Å². The van der Waals surface area contributed by atoms with Gasteiger partial charge in [-0.2, -0.15) is 10.2 Å². The maximum Gasteiger partial charge on any atom is 0.169 e. The summed E-state index contributed by atoms with van der Waals surface area (Å²) in [4.78, 5) is 0. The molecule has 0 aromatic heterocycles. The third-order valence-electron chi connectivity index (χ3n) is 0.345. The molecule has 0 bridgehead atoms. The molecular formula is C4H6BN3. The van der Waals surface area contributed by atoms with Crippen molar-refractivity contribution in [1.29, 1.82) is 0 Å². The van der Waals surface area contributed by atoms with Crippen molar-refractivity contribution < 1.29 is 0 Å². The average molecular weight is 107 g/mol. The van der Waals surface area contributed by atoms with Crippen LogP contribution in [0, 0.1) is 0 Å². The Morgan fingerprint density at radius 3 is 2.75 bits per heavy atom. The zero-order valence-electron chi connectivity index (χ0n) is 4.41. The van der Waals surface area contributed by atoms with E-state index in [1.165, 1.54) is 12.3 Å². The van der Waals surface area contributed by atoms with Crippen LogP contribution in [0.5, 0.6) is 0 Å². The largest absolute Gasteiger partial charge is 0.395 e. The van der Waals surface area contributed by atoms with Gasteiger partial charge in [-0.05, 0) is 6.08 Å². The highest BCUT2D eigenvalue weighted by Crippen LogP contribution is 1.66. The molecule has 3 nitrogen and oxygen atoms in total. The van der Waals surface area contributed by atoms with E-state index in [1.807, 2.05) is 0 Å². The minimum absolute atomic E-state index is 0.0527. The molecule has 0 heterocycles. The minimum Gasteiger partial charge on any atom is -0.395 e. The first-order valence-corrected chi connectivity index (χ1v) is 2.00. The summed E-state index contributed by atoms with van der Waals surface area (Å²) >= 11 is 0. The fourth-order valence-electron chi connectivity index (χ4n) is 0.147. The van der Waals surface area contributed by atoms with Crippen LogP contribution in [0.2, 0.25) is 0 Å². The molecule has 0 rings (SSSR count). The van der Waals surface area contributed by atoms with Crippen LogP contribution in [-0.4, -0.2) is 19.8 Å². The first kappa shape index (κ1) is 6.94. The predicted octanol–water partition coefficient (Wildman–Crippen LogP) is -0.359. The third-order valence-corrected chi connectivity index (χ3v) is 0.345. The summed E-state index contributed by atoms with van der Waals surface area (Å²) in [5, 5.41) is 6.67. The van der Waals surface area contributed by atoms with E-state index < -0.39 is 0 Å². The van der Waals surface area contributed by atoms with Crippen molar-refractivity contribution in [3.8, 4) is 0 Å². The Hall–Kier alpha value is -1.06. The molecule has 0 aromatic carbocycles. The summed E-state index contributed by atoms with van der Waals surface area (Å²) in [6.45, 7) is 3.36. The Kier molecular flexibility index (Phi) is 3.57. The first-order chi connectivity index (χ1) is 3.77. The number of hydrogen-bond acceptors (Lipinski definition) is 2. The van der Waals surface area contributed by atoms with Crippen LogP contribution in [0.15, 0.2) is 22.9 Å². The monoisotopic (exact) mass is 107 g/mol. The number of nitrogens with two attached hydrogens (primary N) is 1. The zero-order chi connectivity index (χ0) is 6.41. The summed E-state index contributed by atoms with van der Waals surface area (Å²) in [7, 11) is 4.91. The Labute approximate surface area is 49.4 Å². The second-order valence-corrected chi connectivity index (χ2v) is 1.03. The van der Waals surface area contributed by atoms with Crippen LogP contribution in [0.1, 0.15) is 0 Å². The lowest BCUT2D eigenvalue weighted by molar-refractivity contribution is 1.25. The molecule has 0 saturated heterocycles. The van der Waals surface area contributed by atoms with Gasteiger partial charge in [0.15, 0.2) is 7.85 Å². The Morgan fingerprint density at radius 2 is 2.38 bits per heavy atom. The highest BCUT2D eigenvalue weighted by molar-refractivity contribution is 6.58. The fourth-order valence-corrected chi connectivity index (χ4v) is 0.147. The van der Waals surface area contributed by atoms with E-state index in [2.05, 4.69) is 16.8 Å². The third kappa shape index (κ3) is 4.94. The quantitative estimate of drug-likeness (QED) is 0.223. The van der Waals surface area contributed by atoms with Gasteiger partial charge in [0.1, 0.15) is 0 Å². The Bertz CT molecular complexity index is 123. The van der Waals surface area contributed by atoms with Gasteiger partial charge in [0.25, 0.3) is 0 Å². The smallest absolute Gasteiger partial charge is 0.169 e. The van der Waals surface area contributed by atoms with Crippen LogP contribution >= 0.6 is 0 Å². The summed E-state index contributed by atoms with van der Waals surface area (Å²) < 4.78 is 0. The highest BCUT2D eigenvalue weighted by atomic mass is 15.2. The van der Waals surface area contributed by atoms with E-state index >= 15 is 0 Å². The molecule has 0 aromatic rings. The van der Waals surface area contributed by atoms with E-state index in [0.717, 1.165) is 0 Å². The molecule has 0 fully saturated rings. The van der Waals surface area contributed by atoms with Crippen LogP contribution in [-0.2, 0) is 0 Å². The van der Waals surface area contributed by atoms with Gasteiger partial charge in [-0.1, -0.05) is 6.58 Å². The van der Waals surface area contributed by atoms with Gasteiger partial charge in [-0.15, -0.1) is 0 Å². The van der Waals surface area contributed by atoms with Crippen LogP contribution in [0.25, 0.3) is 0 Å². The Balaban J connectivity index is 3.57. The molecule has 0 unspecified atom stereocenters. The van der Waals surface area contributed by atoms with Gasteiger partial charge in [0.05, 0.1) is 5.73 Å². The molecule has 0 amide bonds. The van der Waals surface area contributed by atoms with Gasteiger partial charge in [0, 0.05) is 6.21 Å². The van der Waals surface area contributed by atoms with E-state index in [9.17, 15) is 0 Å². The second-order valence-electron chi connectivity index (χ2n) is 1.03. The van der Waals surface area contributed by atoms with Gasteiger partial charge < -0.3 is 5.73 Å². The van der Waals surface area contributed by atoms with Crippen molar-refractivity contribution in [2.75, 3.05) is 0 Å². The van der Waals surface area contributed by atoms with E-state index in [0.29, 0.717) is 0 Å². The number of nitrogens with zero attached hydrogens (tertiary/aromatic N) is 2. The lowest BCUT2D eigenvalue weighted by atomic mass is 10.1. The van der Waals surface area contributed by atoms with Gasteiger partial charge >= 0.3 is 0 Å². The van der Waals surface area contributed by atoms with Crippen molar-refractivity contribution in [1.82, 2.24) is 0 Å². The summed E-state index contributed by atoms with van der Waals surface area (Å²) in [6.07, 6.45) is 2.87. The highest BCUT2D eigenvalue weighted by Gasteiger charge is 1.68. The SMILES string of the molecule is [B]/C(N)=N/N=C\C=C. The van der Waals surface area contributed by atoms with Gasteiger partial charge in [-0.25, -0.2) is 0 Å². The first-order valence-electron chi connectivity index (χ1n) is 2.00. The molecule has 0 aliphatic carbocycles. The van der Waals surface area contributed by atoms with Crippen LogP contribution < -0.4 is 5.73 Å².